The average Bonchev–Trinajstić information content (AvgIpc) is 2.88. The van der Waals surface area contributed by atoms with Crippen LogP contribution in [0.1, 0.15) is 61.7 Å². The summed E-state index contributed by atoms with van der Waals surface area (Å²) in [7, 11) is 0. The first-order valence-electron chi connectivity index (χ1n) is 11.0. The van der Waals surface area contributed by atoms with E-state index < -0.39 is 0 Å². The molecule has 0 heterocycles. The van der Waals surface area contributed by atoms with Gasteiger partial charge in [0, 0.05) is 32.7 Å². The fourth-order valence-corrected chi connectivity index (χ4v) is 3.19. The van der Waals surface area contributed by atoms with E-state index in [1.165, 1.54) is 0 Å². The standard InChI is InChI=1S/C17H18N6.C5H10N6/c18-22-20-16(14-8-3-1-4-9-14)12-7-13-17(21-23-19)15-10-5-2-6-11-15;6-10-8-4-2-1-3-5-9-11-7/h1-6,8-11,16-17H,7,12-13H2;1-5H2. The zero-order chi connectivity index (χ0) is 24.7. The highest BCUT2D eigenvalue weighted by atomic mass is 15.2. The van der Waals surface area contributed by atoms with Crippen LogP contribution in [-0.2, 0) is 0 Å². The van der Waals surface area contributed by atoms with E-state index in [1.54, 1.807) is 0 Å². The first kappa shape index (κ1) is 27.7. The van der Waals surface area contributed by atoms with Crippen molar-refractivity contribution in [3.05, 3.63) is 114 Å². The predicted molar refractivity (Wildman–Crippen MR) is 132 cm³/mol. The summed E-state index contributed by atoms with van der Waals surface area (Å²) < 4.78 is 0. The van der Waals surface area contributed by atoms with Crippen LogP contribution in [0.5, 0.6) is 0 Å². The first-order valence-corrected chi connectivity index (χ1v) is 11.0. The van der Waals surface area contributed by atoms with Crippen molar-refractivity contribution in [1.29, 1.82) is 0 Å². The minimum Gasteiger partial charge on any atom is -0.0940 e. The maximum Gasteiger partial charge on any atom is 0.0625 e. The molecule has 0 saturated carbocycles. The van der Waals surface area contributed by atoms with Crippen molar-refractivity contribution in [3.63, 3.8) is 0 Å². The topological polar surface area (TPSA) is 195 Å². The average molecular weight is 461 g/mol. The second-order valence-corrected chi connectivity index (χ2v) is 7.16. The summed E-state index contributed by atoms with van der Waals surface area (Å²) >= 11 is 0. The summed E-state index contributed by atoms with van der Waals surface area (Å²) in [5.74, 6) is 0. The van der Waals surface area contributed by atoms with Crippen molar-refractivity contribution < 1.29 is 0 Å². The fraction of sp³-hybridized carbons (Fsp3) is 0.455. The van der Waals surface area contributed by atoms with Crippen LogP contribution in [0.25, 0.3) is 41.8 Å². The molecule has 2 aromatic rings. The molecule has 0 aliphatic heterocycles. The maximum absolute atomic E-state index is 8.76. The molecular formula is C22H28N12. The van der Waals surface area contributed by atoms with Gasteiger partial charge in [0.05, 0.1) is 12.1 Å². The van der Waals surface area contributed by atoms with Crippen LogP contribution in [0.4, 0.5) is 0 Å². The quantitative estimate of drug-likeness (QED) is 0.112. The Kier molecular flexibility index (Phi) is 15.8. The van der Waals surface area contributed by atoms with E-state index in [-0.39, 0.29) is 12.1 Å². The minimum absolute atomic E-state index is 0.191. The van der Waals surface area contributed by atoms with Crippen LogP contribution >= 0.6 is 0 Å². The number of nitrogens with zero attached hydrogens (tertiary/aromatic N) is 12. The van der Waals surface area contributed by atoms with Crippen molar-refractivity contribution in [2.45, 2.75) is 50.6 Å². The Balaban J connectivity index is 0.000000445. The molecule has 0 spiro atoms. The largest absolute Gasteiger partial charge is 0.0940 e. The highest BCUT2D eigenvalue weighted by molar-refractivity contribution is 5.20. The fourth-order valence-electron chi connectivity index (χ4n) is 3.19. The Morgan fingerprint density at radius 1 is 0.529 bits per heavy atom. The molecule has 0 saturated heterocycles. The molecule has 34 heavy (non-hydrogen) atoms. The molecule has 12 nitrogen and oxygen atoms in total. The van der Waals surface area contributed by atoms with E-state index in [4.69, 9.17) is 22.1 Å². The van der Waals surface area contributed by atoms with Crippen molar-refractivity contribution in [3.8, 4) is 0 Å². The Morgan fingerprint density at radius 2 is 0.941 bits per heavy atom. The van der Waals surface area contributed by atoms with Gasteiger partial charge in [0.2, 0.25) is 0 Å². The van der Waals surface area contributed by atoms with Gasteiger partial charge in [-0.15, -0.1) is 0 Å². The van der Waals surface area contributed by atoms with Gasteiger partial charge in [-0.3, -0.25) is 0 Å². The number of hydrogen-bond acceptors (Lipinski definition) is 4. The van der Waals surface area contributed by atoms with E-state index >= 15 is 0 Å². The molecule has 0 aliphatic rings. The molecule has 0 N–H and O–H groups in total. The maximum atomic E-state index is 8.76. The molecule has 2 unspecified atom stereocenters. The molecule has 2 atom stereocenters. The summed E-state index contributed by atoms with van der Waals surface area (Å²) in [6.45, 7) is 1.07. The third kappa shape index (κ3) is 12.5. The van der Waals surface area contributed by atoms with Crippen molar-refractivity contribution in [1.82, 2.24) is 0 Å². The van der Waals surface area contributed by atoms with E-state index in [2.05, 4.69) is 40.1 Å². The van der Waals surface area contributed by atoms with E-state index in [1.807, 2.05) is 60.7 Å². The minimum atomic E-state index is -0.191. The third-order valence-corrected chi connectivity index (χ3v) is 4.85. The first-order chi connectivity index (χ1) is 16.8. The molecule has 12 heteroatoms. The smallest absolute Gasteiger partial charge is 0.0625 e. The summed E-state index contributed by atoms with van der Waals surface area (Å²) in [5, 5.41) is 14.5. The molecular weight excluding hydrogens is 432 g/mol. The van der Waals surface area contributed by atoms with Crippen molar-refractivity contribution in [2.75, 3.05) is 13.1 Å². The summed E-state index contributed by atoms with van der Waals surface area (Å²) in [4.78, 5) is 11.1. The van der Waals surface area contributed by atoms with Crippen LogP contribution < -0.4 is 0 Å². The molecule has 176 valence electrons. The molecule has 0 radical (unpaired) electrons. The Hall–Kier alpha value is -4.32. The lowest BCUT2D eigenvalue weighted by Crippen LogP contribution is -1.98. The predicted octanol–water partition coefficient (Wildman–Crippen LogP) is 9.04. The van der Waals surface area contributed by atoms with Crippen LogP contribution in [0, 0.1) is 0 Å². The second-order valence-electron chi connectivity index (χ2n) is 7.16. The van der Waals surface area contributed by atoms with Crippen LogP contribution in [0.15, 0.2) is 81.1 Å². The number of hydrogen-bond donors (Lipinski definition) is 0. The van der Waals surface area contributed by atoms with Gasteiger partial charge < -0.3 is 0 Å². The normalized spacial score (nSPS) is 11.1. The third-order valence-electron chi connectivity index (χ3n) is 4.85. The summed E-state index contributed by atoms with van der Waals surface area (Å²) in [6, 6.07) is 19.1. The number of rotatable bonds is 14. The Morgan fingerprint density at radius 3 is 1.29 bits per heavy atom. The molecule has 0 amide bonds. The summed E-state index contributed by atoms with van der Waals surface area (Å²) in [5.41, 5.74) is 35.3. The van der Waals surface area contributed by atoms with Gasteiger partial charge in [0.25, 0.3) is 0 Å². The number of azide groups is 4. The number of unbranched alkanes of at least 4 members (excludes halogenated alkanes) is 2. The van der Waals surface area contributed by atoms with E-state index in [0.29, 0.717) is 13.1 Å². The van der Waals surface area contributed by atoms with Crippen molar-refractivity contribution >= 4 is 0 Å². The lowest BCUT2D eigenvalue weighted by molar-refractivity contribution is 0.536. The Bertz CT molecular complexity index is 919. The van der Waals surface area contributed by atoms with Gasteiger partial charge in [-0.1, -0.05) is 94.0 Å². The monoisotopic (exact) mass is 460 g/mol. The van der Waals surface area contributed by atoms with Crippen LogP contribution in [-0.4, -0.2) is 13.1 Å². The lowest BCUT2D eigenvalue weighted by atomic mass is 9.97. The SMILES string of the molecule is [N-]=[N+]=NC(CCCC(N=[N+]=[N-])c1ccccc1)c1ccccc1.[N-]=[N+]=NCCCCCN=[N+]=[N-]. The van der Waals surface area contributed by atoms with E-state index in [0.717, 1.165) is 49.7 Å². The number of benzene rings is 2. The molecule has 0 aromatic heterocycles. The second kappa shape index (κ2) is 19.4. The zero-order valence-electron chi connectivity index (χ0n) is 19.0. The highest BCUT2D eigenvalue weighted by Gasteiger charge is 2.13. The lowest BCUT2D eigenvalue weighted by Gasteiger charge is -2.14. The van der Waals surface area contributed by atoms with Gasteiger partial charge >= 0.3 is 0 Å². The molecule has 0 fully saturated rings. The molecule has 0 aliphatic carbocycles. The van der Waals surface area contributed by atoms with Crippen molar-refractivity contribution in [2.24, 2.45) is 20.5 Å². The van der Waals surface area contributed by atoms with Crippen LogP contribution in [0.2, 0.25) is 0 Å². The molecule has 2 rings (SSSR count). The summed E-state index contributed by atoms with van der Waals surface area (Å²) in [6.07, 6.45) is 4.92. The van der Waals surface area contributed by atoms with Gasteiger partial charge in [-0.2, -0.15) is 0 Å². The van der Waals surface area contributed by atoms with Crippen LogP contribution in [0.3, 0.4) is 0 Å². The highest BCUT2D eigenvalue weighted by Crippen LogP contribution is 2.28. The molecule has 0 bridgehead atoms. The Labute approximate surface area is 198 Å². The zero-order valence-corrected chi connectivity index (χ0v) is 19.0. The molecule has 2 aromatic carbocycles. The van der Waals surface area contributed by atoms with Gasteiger partial charge in [0.15, 0.2) is 0 Å². The van der Waals surface area contributed by atoms with Gasteiger partial charge in [-0.25, -0.2) is 0 Å². The van der Waals surface area contributed by atoms with Gasteiger partial charge in [-0.05, 0) is 58.9 Å². The van der Waals surface area contributed by atoms with Gasteiger partial charge in [0.1, 0.15) is 0 Å². The van der Waals surface area contributed by atoms with E-state index in [9.17, 15) is 0 Å².